The van der Waals surface area contributed by atoms with Gasteiger partial charge >= 0.3 is 0 Å². The summed E-state index contributed by atoms with van der Waals surface area (Å²) < 4.78 is 20.1. The van der Waals surface area contributed by atoms with Crippen molar-refractivity contribution < 1.29 is 9.29 Å². The molecule has 4 heteroatoms. The van der Waals surface area contributed by atoms with Crippen molar-refractivity contribution in [3.63, 3.8) is 0 Å². The Bertz CT molecular complexity index is 431. The summed E-state index contributed by atoms with van der Waals surface area (Å²) in [5.41, 5.74) is 2.03. The quantitative estimate of drug-likeness (QED) is 0.661. The highest BCUT2D eigenvalue weighted by atomic mass is 32.2. The van der Waals surface area contributed by atoms with Crippen LogP contribution in [0.3, 0.4) is 0 Å². The minimum Gasteiger partial charge on any atom is -0.592 e. The van der Waals surface area contributed by atoms with Gasteiger partial charge in [0.2, 0.25) is 0 Å². The number of hydrogen-bond donors (Lipinski definition) is 1. The van der Waals surface area contributed by atoms with Crippen LogP contribution in [0, 0.1) is 0 Å². The first-order chi connectivity index (χ1) is 8.03. The number of benzene rings is 1. The predicted molar refractivity (Wildman–Crippen MR) is 71.7 cm³/mol. The van der Waals surface area contributed by atoms with Crippen LogP contribution in [-0.4, -0.2) is 15.9 Å². The molecule has 0 saturated carbocycles. The van der Waals surface area contributed by atoms with Crippen molar-refractivity contribution in [2.75, 3.05) is 11.3 Å². The van der Waals surface area contributed by atoms with Gasteiger partial charge in [-0.3, -0.25) is 0 Å². The molecule has 1 heterocycles. The zero-order chi connectivity index (χ0) is 12.5. The Hall–Kier alpha value is -1.13. The van der Waals surface area contributed by atoms with Gasteiger partial charge in [0.05, 0.1) is 23.7 Å². The summed E-state index contributed by atoms with van der Waals surface area (Å²) >= 11 is -1.20. The fourth-order valence-corrected chi connectivity index (χ4v) is 2.30. The lowest BCUT2D eigenvalue weighted by molar-refractivity contribution is 0.357. The maximum atomic E-state index is 12.1. The molecule has 1 aromatic carbocycles. The predicted octanol–water partition coefficient (Wildman–Crippen LogP) is 2.66. The normalized spacial score (nSPS) is 15.9. The van der Waals surface area contributed by atoms with Crippen LogP contribution in [0.4, 0.5) is 5.69 Å². The Morgan fingerprint density at radius 1 is 1.53 bits per heavy atom. The van der Waals surface area contributed by atoms with Gasteiger partial charge < -0.3 is 9.29 Å². The van der Waals surface area contributed by atoms with Gasteiger partial charge in [-0.25, -0.2) is 4.72 Å². The molecule has 1 aliphatic heterocycles. The van der Waals surface area contributed by atoms with Crippen LogP contribution in [0.25, 0.3) is 0 Å². The first-order valence-corrected chi connectivity index (χ1v) is 6.76. The van der Waals surface area contributed by atoms with Crippen LogP contribution in [0.5, 0.6) is 5.75 Å². The summed E-state index contributed by atoms with van der Waals surface area (Å²) in [6, 6.07) is 5.85. The Kier molecular flexibility index (Phi) is 3.35. The zero-order valence-corrected chi connectivity index (χ0v) is 11.0. The van der Waals surface area contributed by atoms with E-state index in [-0.39, 0.29) is 0 Å². The van der Waals surface area contributed by atoms with Crippen LogP contribution in [0.1, 0.15) is 19.4 Å². The van der Waals surface area contributed by atoms with E-state index >= 15 is 0 Å². The lowest BCUT2D eigenvalue weighted by atomic mass is 10.1. The van der Waals surface area contributed by atoms with Crippen molar-refractivity contribution >= 4 is 17.0 Å². The standard InChI is InChI=1S/C13H17NO2S/c1-4-13(2,3)17(15)14-11-6-5-10-7-8-16-12(10)9-11/h4-6,9,14H,1,7-8H2,2-3H3/t17-/m1/s1. The number of hydrogen-bond acceptors (Lipinski definition) is 3. The summed E-state index contributed by atoms with van der Waals surface area (Å²) in [5.74, 6) is 0.892. The second-order valence-corrected chi connectivity index (χ2v) is 6.39. The van der Waals surface area contributed by atoms with Crippen LogP contribution in [0.15, 0.2) is 30.9 Å². The Morgan fingerprint density at radius 3 is 3.00 bits per heavy atom. The van der Waals surface area contributed by atoms with Crippen molar-refractivity contribution in [3.05, 3.63) is 36.4 Å². The van der Waals surface area contributed by atoms with Gasteiger partial charge in [-0.15, -0.1) is 0 Å². The maximum absolute atomic E-state index is 12.1. The molecule has 17 heavy (non-hydrogen) atoms. The summed E-state index contributed by atoms with van der Waals surface area (Å²) in [7, 11) is 0. The number of ether oxygens (including phenoxy) is 1. The Balaban J connectivity index is 2.12. The van der Waals surface area contributed by atoms with Gasteiger partial charge in [-0.2, -0.15) is 0 Å². The molecule has 0 spiro atoms. The van der Waals surface area contributed by atoms with Crippen LogP contribution >= 0.6 is 0 Å². The Morgan fingerprint density at radius 2 is 2.29 bits per heavy atom. The smallest absolute Gasteiger partial charge is 0.162 e. The van der Waals surface area contributed by atoms with Crippen LogP contribution in [0.2, 0.25) is 0 Å². The minimum absolute atomic E-state index is 0.458. The van der Waals surface area contributed by atoms with Crippen LogP contribution in [-0.2, 0) is 17.8 Å². The summed E-state index contributed by atoms with van der Waals surface area (Å²) in [4.78, 5) is 0. The topological polar surface area (TPSA) is 44.3 Å². The largest absolute Gasteiger partial charge is 0.592 e. The average molecular weight is 251 g/mol. The molecule has 0 amide bonds. The van der Waals surface area contributed by atoms with E-state index in [2.05, 4.69) is 11.3 Å². The molecule has 3 nitrogen and oxygen atoms in total. The molecule has 0 aromatic heterocycles. The van der Waals surface area contributed by atoms with Crippen molar-refractivity contribution in [3.8, 4) is 5.75 Å². The SMILES string of the molecule is C=CC(C)(C)[S@@+]([O-])Nc1ccc2c(c1)OCC2. The molecular formula is C13H17NO2S. The lowest BCUT2D eigenvalue weighted by Gasteiger charge is -2.24. The first-order valence-electron chi connectivity index (χ1n) is 5.61. The third-order valence-corrected chi connectivity index (χ3v) is 4.42. The highest BCUT2D eigenvalue weighted by Crippen LogP contribution is 2.30. The van der Waals surface area contributed by atoms with E-state index in [1.54, 1.807) is 6.08 Å². The van der Waals surface area contributed by atoms with E-state index in [9.17, 15) is 4.55 Å². The second-order valence-electron chi connectivity index (χ2n) is 4.60. The van der Waals surface area contributed by atoms with Gasteiger partial charge in [0, 0.05) is 12.5 Å². The molecule has 0 fully saturated rings. The van der Waals surface area contributed by atoms with Crippen molar-refractivity contribution in [1.29, 1.82) is 0 Å². The van der Waals surface area contributed by atoms with Gasteiger partial charge in [-0.05, 0) is 31.6 Å². The Labute approximate surface area is 105 Å². The van der Waals surface area contributed by atoms with E-state index in [4.69, 9.17) is 4.74 Å². The van der Waals surface area contributed by atoms with Crippen LogP contribution < -0.4 is 9.46 Å². The van der Waals surface area contributed by atoms with E-state index in [0.717, 1.165) is 24.5 Å². The number of nitrogens with one attached hydrogen (secondary N) is 1. The van der Waals surface area contributed by atoms with Gasteiger partial charge in [0.15, 0.2) is 4.75 Å². The zero-order valence-electron chi connectivity index (χ0n) is 10.2. The fraction of sp³-hybridized carbons (Fsp3) is 0.385. The van der Waals surface area contributed by atoms with Gasteiger partial charge in [-0.1, -0.05) is 12.6 Å². The molecule has 92 valence electrons. The summed E-state index contributed by atoms with van der Waals surface area (Å²) in [6.45, 7) is 8.20. The number of fused-ring (bicyclic) bond motifs is 1. The van der Waals surface area contributed by atoms with E-state index in [0.29, 0.717) is 0 Å². The molecule has 1 N–H and O–H groups in total. The molecule has 0 radical (unpaired) electrons. The van der Waals surface area contributed by atoms with E-state index in [1.165, 1.54) is 5.56 Å². The highest BCUT2D eigenvalue weighted by molar-refractivity contribution is 7.94. The maximum Gasteiger partial charge on any atom is 0.162 e. The third kappa shape index (κ3) is 2.58. The van der Waals surface area contributed by atoms with Gasteiger partial charge in [0.1, 0.15) is 5.75 Å². The molecular weight excluding hydrogens is 234 g/mol. The van der Waals surface area contributed by atoms with Crippen molar-refractivity contribution in [2.45, 2.75) is 25.0 Å². The molecule has 0 unspecified atom stereocenters. The van der Waals surface area contributed by atoms with E-state index in [1.807, 2.05) is 32.0 Å². The number of rotatable bonds is 4. The monoisotopic (exact) mass is 251 g/mol. The highest BCUT2D eigenvalue weighted by Gasteiger charge is 2.29. The summed E-state index contributed by atoms with van der Waals surface area (Å²) in [6.07, 6.45) is 2.65. The molecule has 0 aliphatic carbocycles. The molecule has 1 aliphatic rings. The molecule has 0 bridgehead atoms. The minimum atomic E-state index is -1.20. The molecule has 1 aromatic rings. The molecule has 0 saturated heterocycles. The second kappa shape index (κ2) is 4.63. The molecule has 2 rings (SSSR count). The lowest BCUT2D eigenvalue weighted by Crippen LogP contribution is -2.34. The first kappa shape index (κ1) is 12.3. The summed E-state index contributed by atoms with van der Waals surface area (Å²) in [5, 5.41) is 0. The average Bonchev–Trinajstić information content (AvgIpc) is 2.76. The van der Waals surface area contributed by atoms with E-state index < -0.39 is 16.1 Å². The van der Waals surface area contributed by atoms with Crippen molar-refractivity contribution in [2.24, 2.45) is 0 Å². The number of anilines is 1. The van der Waals surface area contributed by atoms with Gasteiger partial charge in [0.25, 0.3) is 0 Å². The molecule has 1 atom stereocenters. The third-order valence-electron chi connectivity index (χ3n) is 2.88. The fourth-order valence-electron chi connectivity index (χ4n) is 1.54. The van der Waals surface area contributed by atoms with Crippen molar-refractivity contribution in [1.82, 2.24) is 0 Å².